The van der Waals surface area contributed by atoms with E-state index in [4.69, 9.17) is 4.74 Å². The minimum absolute atomic E-state index is 0.787. The molecule has 0 aliphatic carbocycles. The summed E-state index contributed by atoms with van der Waals surface area (Å²) in [6, 6.07) is 40.9. The molecule has 0 fully saturated rings. The molecule has 144 valence electrons. The van der Waals surface area contributed by atoms with Gasteiger partial charge in [0.25, 0.3) is 0 Å². The number of nitrogens with one attached hydrogen (secondary N) is 1. The number of hydrogen-bond acceptors (Lipinski definition) is 2. The summed E-state index contributed by atoms with van der Waals surface area (Å²) in [4.78, 5) is 4.03. The second-order valence-electron chi connectivity index (χ2n) is 7.05. The molecule has 3 heteroatoms. The van der Waals surface area contributed by atoms with Crippen LogP contribution in [0.4, 0.5) is 0 Å². The minimum Gasteiger partial charge on any atom is -0.497 e. The van der Waals surface area contributed by atoms with E-state index < -0.39 is 8.24 Å². The van der Waals surface area contributed by atoms with Gasteiger partial charge in [0.1, 0.15) is 5.75 Å². The summed E-state index contributed by atoms with van der Waals surface area (Å²) in [5, 5.41) is 4.06. The molecule has 0 saturated carbocycles. The molecule has 0 aliphatic rings. The average Bonchev–Trinajstić information content (AvgIpc) is 2.82. The number of rotatable bonds is 7. The van der Waals surface area contributed by atoms with Crippen LogP contribution in [0.5, 0.6) is 5.75 Å². The fourth-order valence-corrected chi connectivity index (χ4v) is 8.01. The smallest absolute Gasteiger partial charge is 0.222 e. The molecule has 0 radical (unpaired) electrons. The van der Waals surface area contributed by atoms with E-state index >= 15 is 0 Å². The lowest BCUT2D eigenvalue weighted by atomic mass is 10.2. The molecule has 4 rings (SSSR count). The lowest BCUT2D eigenvalue weighted by Crippen LogP contribution is -2.76. The third-order valence-corrected chi connectivity index (χ3v) is 9.64. The van der Waals surface area contributed by atoms with Gasteiger partial charge in [-0.25, -0.2) is 0 Å². The summed E-state index contributed by atoms with van der Waals surface area (Å²) in [5.41, 5.74) is 1.24. The highest BCUT2D eigenvalue weighted by atomic mass is 28.3. The van der Waals surface area contributed by atoms with Gasteiger partial charge in [0.05, 0.1) is 7.11 Å². The van der Waals surface area contributed by atoms with Crippen molar-refractivity contribution in [2.24, 2.45) is 0 Å². The Morgan fingerprint density at radius 2 is 1.00 bits per heavy atom. The van der Waals surface area contributed by atoms with E-state index in [0.29, 0.717) is 0 Å². The van der Waals surface area contributed by atoms with Crippen molar-refractivity contribution in [3.8, 4) is 5.75 Å². The van der Waals surface area contributed by atoms with Crippen LogP contribution in [-0.4, -0.2) is 15.3 Å². The molecule has 29 heavy (non-hydrogen) atoms. The normalized spacial score (nSPS) is 11.2. The maximum absolute atomic E-state index is 5.31. The van der Waals surface area contributed by atoms with Crippen LogP contribution in [0.3, 0.4) is 0 Å². The Balaban J connectivity index is 1.83. The average molecular weight is 396 g/mol. The zero-order valence-electron chi connectivity index (χ0n) is 16.6. The quantitative estimate of drug-likeness (QED) is 0.382. The highest BCUT2D eigenvalue weighted by Gasteiger charge is 2.39. The summed E-state index contributed by atoms with van der Waals surface area (Å²) >= 11 is 0. The van der Waals surface area contributed by atoms with Gasteiger partial charge in [-0.15, -0.1) is 0 Å². The van der Waals surface area contributed by atoms with E-state index in [9.17, 15) is 0 Å². The SMILES string of the molecule is COc1ccc(CN[Si](c2ccccc2)(c2ccccc2)c2ccccc2)cc1. The van der Waals surface area contributed by atoms with E-state index in [1.165, 1.54) is 21.1 Å². The van der Waals surface area contributed by atoms with Gasteiger partial charge in [0.2, 0.25) is 8.24 Å². The van der Waals surface area contributed by atoms with E-state index in [1.807, 2.05) is 12.1 Å². The molecule has 0 atom stereocenters. The first-order valence-electron chi connectivity index (χ1n) is 9.87. The van der Waals surface area contributed by atoms with Crippen molar-refractivity contribution in [3.63, 3.8) is 0 Å². The van der Waals surface area contributed by atoms with Crippen LogP contribution in [0, 0.1) is 0 Å². The summed E-state index contributed by atoms with van der Waals surface area (Å²) in [7, 11) is -0.710. The van der Waals surface area contributed by atoms with E-state index in [0.717, 1.165) is 12.3 Å². The molecule has 0 unspecified atom stereocenters. The lowest BCUT2D eigenvalue weighted by Gasteiger charge is -2.34. The van der Waals surface area contributed by atoms with Crippen LogP contribution in [0.15, 0.2) is 115 Å². The topological polar surface area (TPSA) is 21.3 Å². The summed E-state index contributed by atoms with van der Waals surface area (Å²) in [5.74, 6) is 0.881. The molecule has 0 amide bonds. The third-order valence-electron chi connectivity index (χ3n) is 5.34. The van der Waals surface area contributed by atoms with Gasteiger partial charge in [0, 0.05) is 6.54 Å². The van der Waals surface area contributed by atoms with Gasteiger partial charge < -0.3 is 9.72 Å². The van der Waals surface area contributed by atoms with Crippen molar-refractivity contribution in [2.75, 3.05) is 7.11 Å². The van der Waals surface area contributed by atoms with Crippen LogP contribution in [0.2, 0.25) is 0 Å². The van der Waals surface area contributed by atoms with Crippen molar-refractivity contribution >= 4 is 23.8 Å². The standard InChI is InChI=1S/C26H25NOSi/c1-28-23-19-17-22(18-20-23)21-27-29(24-11-5-2-6-12-24,25-13-7-3-8-14-25)26-15-9-4-10-16-26/h2-20,27H,21H2,1H3. The maximum Gasteiger partial charge on any atom is 0.222 e. The van der Waals surface area contributed by atoms with Crippen LogP contribution in [-0.2, 0) is 6.54 Å². The van der Waals surface area contributed by atoms with Crippen molar-refractivity contribution in [1.29, 1.82) is 0 Å². The zero-order chi connectivity index (χ0) is 19.9. The second kappa shape index (κ2) is 8.91. The van der Waals surface area contributed by atoms with Crippen molar-refractivity contribution < 1.29 is 4.74 Å². The predicted octanol–water partition coefficient (Wildman–Crippen LogP) is 3.45. The number of benzene rings is 4. The van der Waals surface area contributed by atoms with Crippen molar-refractivity contribution in [3.05, 3.63) is 121 Å². The summed E-state index contributed by atoms with van der Waals surface area (Å²) in [6.07, 6.45) is 0. The Bertz CT molecular complexity index is 922. The molecule has 0 spiro atoms. The van der Waals surface area contributed by atoms with Crippen LogP contribution in [0.1, 0.15) is 5.56 Å². The monoisotopic (exact) mass is 395 g/mol. The molecule has 0 aromatic heterocycles. The molecular formula is C26H25NOSi. The minimum atomic E-state index is -2.41. The zero-order valence-corrected chi connectivity index (χ0v) is 17.6. The van der Waals surface area contributed by atoms with Crippen LogP contribution >= 0.6 is 0 Å². The van der Waals surface area contributed by atoms with E-state index in [1.54, 1.807) is 7.11 Å². The Labute approximate surface area is 173 Å². The van der Waals surface area contributed by atoms with E-state index in [2.05, 4.69) is 108 Å². The first-order valence-corrected chi connectivity index (χ1v) is 11.9. The molecule has 2 nitrogen and oxygen atoms in total. The molecule has 0 heterocycles. The Morgan fingerprint density at radius 1 is 0.586 bits per heavy atom. The Kier molecular flexibility index (Phi) is 5.89. The van der Waals surface area contributed by atoms with Gasteiger partial charge >= 0.3 is 0 Å². The molecule has 4 aromatic carbocycles. The number of ether oxygens (including phenoxy) is 1. The molecule has 0 saturated heterocycles. The lowest BCUT2D eigenvalue weighted by molar-refractivity contribution is 0.414. The molecule has 0 aliphatic heterocycles. The van der Waals surface area contributed by atoms with Gasteiger partial charge in [-0.3, -0.25) is 0 Å². The Hall–Kier alpha value is -3.14. The largest absolute Gasteiger partial charge is 0.497 e. The second-order valence-corrected chi connectivity index (χ2v) is 10.6. The molecule has 4 aromatic rings. The fraction of sp³-hybridized carbons (Fsp3) is 0.0769. The molecule has 1 N–H and O–H groups in total. The van der Waals surface area contributed by atoms with Crippen LogP contribution < -0.4 is 25.3 Å². The van der Waals surface area contributed by atoms with Gasteiger partial charge in [0.15, 0.2) is 0 Å². The molecule has 0 bridgehead atoms. The Morgan fingerprint density at radius 3 is 1.38 bits per heavy atom. The summed E-state index contributed by atoms with van der Waals surface area (Å²) in [6.45, 7) is 0.787. The van der Waals surface area contributed by atoms with Crippen LogP contribution in [0.25, 0.3) is 0 Å². The first-order chi connectivity index (χ1) is 14.3. The van der Waals surface area contributed by atoms with Gasteiger partial charge in [-0.1, -0.05) is 103 Å². The van der Waals surface area contributed by atoms with Gasteiger partial charge in [-0.2, -0.15) is 0 Å². The van der Waals surface area contributed by atoms with Crippen molar-refractivity contribution in [2.45, 2.75) is 6.54 Å². The fourth-order valence-electron chi connectivity index (χ4n) is 3.85. The molecular weight excluding hydrogens is 370 g/mol. The summed E-state index contributed by atoms with van der Waals surface area (Å²) < 4.78 is 5.31. The maximum atomic E-state index is 5.31. The van der Waals surface area contributed by atoms with Crippen molar-refractivity contribution in [1.82, 2.24) is 4.98 Å². The third kappa shape index (κ3) is 4.02. The highest BCUT2D eigenvalue weighted by molar-refractivity contribution is 7.09. The predicted molar refractivity (Wildman–Crippen MR) is 124 cm³/mol. The number of methoxy groups -OCH3 is 1. The van der Waals surface area contributed by atoms with Gasteiger partial charge in [-0.05, 0) is 33.3 Å². The highest BCUT2D eigenvalue weighted by Crippen LogP contribution is 2.12. The van der Waals surface area contributed by atoms with E-state index in [-0.39, 0.29) is 0 Å². The number of hydrogen-bond donors (Lipinski definition) is 1. The first kappa shape index (κ1) is 19.2.